The minimum absolute atomic E-state index is 0.342. The van der Waals surface area contributed by atoms with Crippen molar-refractivity contribution >= 4 is 5.82 Å². The van der Waals surface area contributed by atoms with Crippen molar-refractivity contribution in [1.82, 2.24) is 14.9 Å². The number of hydrogen-bond acceptors (Lipinski definition) is 5. The van der Waals surface area contributed by atoms with E-state index >= 15 is 0 Å². The van der Waals surface area contributed by atoms with Crippen LogP contribution in [0.25, 0.3) is 0 Å². The summed E-state index contributed by atoms with van der Waals surface area (Å²) in [6.45, 7) is 9.62. The third-order valence-corrected chi connectivity index (χ3v) is 2.67. The first-order valence-corrected chi connectivity index (χ1v) is 6.04. The maximum Gasteiger partial charge on any atom is 0.218 e. The number of anilines is 1. The number of likely N-dealkylation sites (N-methyl/N-ethyl adjacent to an activating group) is 1. The minimum atomic E-state index is 0.342. The van der Waals surface area contributed by atoms with Crippen LogP contribution in [0, 0.1) is 0 Å². The standard InChI is InChI=1S/C12H22N4O/c1-5-16(6-2)8-10(3)15-11-7-12(17-4)14-9-13-11/h7,9-10H,5-6,8H2,1-4H3,(H,13,14,15). The Kier molecular flexibility index (Phi) is 5.69. The molecule has 0 saturated heterocycles. The number of methoxy groups -OCH3 is 1. The van der Waals surface area contributed by atoms with Crippen LogP contribution in [0.5, 0.6) is 5.88 Å². The quantitative estimate of drug-likeness (QED) is 0.782. The highest BCUT2D eigenvalue weighted by molar-refractivity contribution is 5.37. The topological polar surface area (TPSA) is 50.3 Å². The van der Waals surface area contributed by atoms with Gasteiger partial charge in [-0.15, -0.1) is 0 Å². The lowest BCUT2D eigenvalue weighted by molar-refractivity contribution is 0.294. The van der Waals surface area contributed by atoms with Gasteiger partial charge in [-0.1, -0.05) is 13.8 Å². The van der Waals surface area contributed by atoms with Gasteiger partial charge in [0.1, 0.15) is 12.1 Å². The zero-order valence-corrected chi connectivity index (χ0v) is 11.1. The highest BCUT2D eigenvalue weighted by Gasteiger charge is 2.08. The number of rotatable bonds is 7. The fraction of sp³-hybridized carbons (Fsp3) is 0.667. The highest BCUT2D eigenvalue weighted by Crippen LogP contribution is 2.11. The van der Waals surface area contributed by atoms with E-state index in [1.165, 1.54) is 6.33 Å². The van der Waals surface area contributed by atoms with E-state index in [2.05, 4.69) is 41.0 Å². The van der Waals surface area contributed by atoms with E-state index in [1.807, 2.05) is 0 Å². The first-order chi connectivity index (χ1) is 8.19. The summed E-state index contributed by atoms with van der Waals surface area (Å²) in [5.41, 5.74) is 0. The summed E-state index contributed by atoms with van der Waals surface area (Å²) in [5, 5.41) is 3.34. The predicted molar refractivity (Wildman–Crippen MR) is 69.5 cm³/mol. The number of hydrogen-bond donors (Lipinski definition) is 1. The van der Waals surface area contributed by atoms with Crippen LogP contribution >= 0.6 is 0 Å². The normalized spacial score (nSPS) is 12.5. The molecule has 0 fully saturated rings. The smallest absolute Gasteiger partial charge is 0.218 e. The molecule has 0 spiro atoms. The zero-order valence-electron chi connectivity index (χ0n) is 11.1. The first kappa shape index (κ1) is 13.7. The van der Waals surface area contributed by atoms with Gasteiger partial charge < -0.3 is 15.0 Å². The lowest BCUT2D eigenvalue weighted by Gasteiger charge is -2.23. The van der Waals surface area contributed by atoms with Crippen LogP contribution in [0.15, 0.2) is 12.4 Å². The third-order valence-electron chi connectivity index (χ3n) is 2.67. The molecule has 1 N–H and O–H groups in total. The maximum absolute atomic E-state index is 5.06. The van der Waals surface area contributed by atoms with E-state index in [0.717, 1.165) is 25.5 Å². The van der Waals surface area contributed by atoms with Gasteiger partial charge in [0.25, 0.3) is 0 Å². The van der Waals surface area contributed by atoms with Crippen molar-refractivity contribution in [3.63, 3.8) is 0 Å². The Labute approximate surface area is 103 Å². The molecule has 0 aliphatic carbocycles. The summed E-state index contributed by atoms with van der Waals surface area (Å²) < 4.78 is 5.06. The molecule has 1 rings (SSSR count). The van der Waals surface area contributed by atoms with Gasteiger partial charge in [0.15, 0.2) is 0 Å². The molecular formula is C12H22N4O. The van der Waals surface area contributed by atoms with Crippen LogP contribution in [-0.2, 0) is 0 Å². The van der Waals surface area contributed by atoms with Crippen molar-refractivity contribution < 1.29 is 4.74 Å². The molecule has 0 aromatic carbocycles. The third kappa shape index (κ3) is 4.56. The van der Waals surface area contributed by atoms with Gasteiger partial charge in [-0.25, -0.2) is 9.97 Å². The number of aromatic nitrogens is 2. The molecular weight excluding hydrogens is 216 g/mol. The molecule has 1 atom stereocenters. The van der Waals surface area contributed by atoms with E-state index in [-0.39, 0.29) is 0 Å². The fourth-order valence-electron chi connectivity index (χ4n) is 1.70. The van der Waals surface area contributed by atoms with Gasteiger partial charge >= 0.3 is 0 Å². The average molecular weight is 238 g/mol. The van der Waals surface area contributed by atoms with Crippen LogP contribution in [-0.4, -0.2) is 47.7 Å². The van der Waals surface area contributed by atoms with Crippen LogP contribution in [0.2, 0.25) is 0 Å². The largest absolute Gasteiger partial charge is 0.481 e. The summed E-state index contributed by atoms with van der Waals surface area (Å²) in [4.78, 5) is 10.5. The van der Waals surface area contributed by atoms with E-state index in [1.54, 1.807) is 13.2 Å². The van der Waals surface area contributed by atoms with E-state index in [4.69, 9.17) is 4.74 Å². The zero-order chi connectivity index (χ0) is 12.7. The van der Waals surface area contributed by atoms with Gasteiger partial charge in [-0.2, -0.15) is 0 Å². The Morgan fingerprint density at radius 3 is 2.65 bits per heavy atom. The van der Waals surface area contributed by atoms with Gasteiger partial charge in [-0.3, -0.25) is 0 Å². The minimum Gasteiger partial charge on any atom is -0.481 e. The predicted octanol–water partition coefficient (Wildman–Crippen LogP) is 1.63. The van der Waals surface area contributed by atoms with Gasteiger partial charge in [0, 0.05) is 18.7 Å². The van der Waals surface area contributed by atoms with Crippen molar-refractivity contribution in [3.05, 3.63) is 12.4 Å². The molecule has 5 heteroatoms. The van der Waals surface area contributed by atoms with Crippen molar-refractivity contribution in [2.75, 3.05) is 32.1 Å². The number of nitrogens with zero attached hydrogens (tertiary/aromatic N) is 3. The summed E-state index contributed by atoms with van der Waals surface area (Å²) in [6.07, 6.45) is 1.51. The molecule has 0 amide bonds. The Morgan fingerprint density at radius 1 is 1.35 bits per heavy atom. The van der Waals surface area contributed by atoms with Gasteiger partial charge in [0.05, 0.1) is 7.11 Å². The number of nitrogens with one attached hydrogen (secondary N) is 1. The van der Waals surface area contributed by atoms with Crippen molar-refractivity contribution in [2.45, 2.75) is 26.8 Å². The maximum atomic E-state index is 5.06. The Balaban J connectivity index is 2.52. The van der Waals surface area contributed by atoms with Crippen molar-refractivity contribution in [2.24, 2.45) is 0 Å². The molecule has 1 aromatic rings. The van der Waals surface area contributed by atoms with Gasteiger partial charge in [0.2, 0.25) is 5.88 Å². The molecule has 1 aromatic heterocycles. The second-order valence-corrected chi connectivity index (χ2v) is 3.98. The molecule has 5 nitrogen and oxygen atoms in total. The molecule has 17 heavy (non-hydrogen) atoms. The number of ether oxygens (including phenoxy) is 1. The molecule has 0 radical (unpaired) electrons. The molecule has 96 valence electrons. The lowest BCUT2D eigenvalue weighted by Crippen LogP contribution is -2.34. The van der Waals surface area contributed by atoms with E-state index < -0.39 is 0 Å². The molecule has 0 bridgehead atoms. The van der Waals surface area contributed by atoms with E-state index in [9.17, 15) is 0 Å². The lowest BCUT2D eigenvalue weighted by atomic mass is 10.3. The summed E-state index contributed by atoms with van der Waals surface area (Å²) in [5.74, 6) is 1.38. The van der Waals surface area contributed by atoms with Crippen LogP contribution in [0.4, 0.5) is 5.82 Å². The van der Waals surface area contributed by atoms with Gasteiger partial charge in [-0.05, 0) is 20.0 Å². The Hall–Kier alpha value is -1.36. The first-order valence-electron chi connectivity index (χ1n) is 6.04. The summed E-state index contributed by atoms with van der Waals surface area (Å²) in [6, 6.07) is 2.15. The Bertz CT molecular complexity index is 328. The SMILES string of the molecule is CCN(CC)CC(C)Nc1cc(OC)ncn1. The van der Waals surface area contributed by atoms with Crippen molar-refractivity contribution in [3.8, 4) is 5.88 Å². The molecule has 1 unspecified atom stereocenters. The van der Waals surface area contributed by atoms with E-state index in [0.29, 0.717) is 11.9 Å². The average Bonchev–Trinajstić information content (AvgIpc) is 2.36. The summed E-state index contributed by atoms with van der Waals surface area (Å²) in [7, 11) is 1.60. The highest BCUT2D eigenvalue weighted by atomic mass is 16.5. The van der Waals surface area contributed by atoms with Crippen LogP contribution in [0.1, 0.15) is 20.8 Å². The monoisotopic (exact) mass is 238 g/mol. The Morgan fingerprint density at radius 2 is 2.06 bits per heavy atom. The van der Waals surface area contributed by atoms with Crippen LogP contribution < -0.4 is 10.1 Å². The second kappa shape index (κ2) is 7.06. The second-order valence-electron chi connectivity index (χ2n) is 3.98. The molecule has 0 saturated carbocycles. The summed E-state index contributed by atoms with van der Waals surface area (Å²) >= 11 is 0. The fourth-order valence-corrected chi connectivity index (χ4v) is 1.70. The molecule has 0 aliphatic rings. The molecule has 1 heterocycles. The van der Waals surface area contributed by atoms with Crippen LogP contribution in [0.3, 0.4) is 0 Å². The van der Waals surface area contributed by atoms with Crippen molar-refractivity contribution in [1.29, 1.82) is 0 Å². The molecule has 0 aliphatic heterocycles.